The molecule has 2 aromatic heterocycles. The summed E-state index contributed by atoms with van der Waals surface area (Å²) < 4.78 is 1.83. The van der Waals surface area contributed by atoms with Crippen molar-refractivity contribution in [3.8, 4) is 0 Å². The van der Waals surface area contributed by atoms with Crippen LogP contribution in [0.15, 0.2) is 29.2 Å². The van der Waals surface area contributed by atoms with Crippen LogP contribution in [-0.4, -0.2) is 19.7 Å². The van der Waals surface area contributed by atoms with Crippen LogP contribution in [0, 0.1) is 4.77 Å². The molecule has 78 valence electrons. The van der Waals surface area contributed by atoms with Gasteiger partial charge in [-0.1, -0.05) is 6.07 Å². The largest absolute Gasteiger partial charge is 0.343 e. The molecule has 0 radical (unpaired) electrons. The molecule has 0 bridgehead atoms. The first-order chi connectivity index (χ1) is 7.20. The summed E-state index contributed by atoms with van der Waals surface area (Å²) in [7, 11) is 0. The zero-order valence-electron chi connectivity index (χ0n) is 8.10. The number of aromatic amines is 2. The van der Waals surface area contributed by atoms with Crippen LogP contribution in [0.25, 0.3) is 0 Å². The first-order valence-electron chi connectivity index (χ1n) is 4.50. The standard InChI is InChI=1S/C9H10N4OS/c1-6(7-4-2-3-5-10-7)13-8(14)11-12-9(13)15/h2-6H,1H3,(H,11,14)(H,12,15). The number of H-pyrrole nitrogens is 2. The zero-order chi connectivity index (χ0) is 10.8. The van der Waals surface area contributed by atoms with Gasteiger partial charge < -0.3 is 0 Å². The highest BCUT2D eigenvalue weighted by atomic mass is 32.1. The summed E-state index contributed by atoms with van der Waals surface area (Å²) in [6, 6.07) is 5.40. The van der Waals surface area contributed by atoms with Crippen molar-refractivity contribution < 1.29 is 0 Å². The Hall–Kier alpha value is -1.69. The molecule has 0 fully saturated rings. The maximum Gasteiger partial charge on any atom is 0.343 e. The van der Waals surface area contributed by atoms with Crippen LogP contribution in [0.1, 0.15) is 18.7 Å². The molecule has 0 aliphatic carbocycles. The summed E-state index contributed by atoms with van der Waals surface area (Å²) in [5.74, 6) is 0. The average molecular weight is 222 g/mol. The van der Waals surface area contributed by atoms with E-state index in [1.54, 1.807) is 6.20 Å². The molecule has 0 aliphatic rings. The maximum atomic E-state index is 11.4. The number of rotatable bonds is 2. The maximum absolute atomic E-state index is 11.4. The highest BCUT2D eigenvalue weighted by Crippen LogP contribution is 2.12. The fraction of sp³-hybridized carbons (Fsp3) is 0.222. The van der Waals surface area contributed by atoms with Crippen molar-refractivity contribution in [2.45, 2.75) is 13.0 Å². The molecule has 15 heavy (non-hydrogen) atoms. The molecule has 0 amide bonds. The van der Waals surface area contributed by atoms with Crippen LogP contribution in [0.5, 0.6) is 0 Å². The van der Waals surface area contributed by atoms with E-state index in [0.717, 1.165) is 5.69 Å². The topological polar surface area (TPSA) is 66.5 Å². The lowest BCUT2D eigenvalue weighted by Crippen LogP contribution is -2.22. The first kappa shape index (κ1) is 9.85. The molecule has 0 saturated heterocycles. The van der Waals surface area contributed by atoms with Crippen LogP contribution in [0.3, 0.4) is 0 Å². The van der Waals surface area contributed by atoms with E-state index in [2.05, 4.69) is 15.2 Å². The lowest BCUT2D eigenvalue weighted by atomic mass is 10.2. The van der Waals surface area contributed by atoms with Crippen molar-refractivity contribution in [2.75, 3.05) is 0 Å². The van der Waals surface area contributed by atoms with E-state index in [4.69, 9.17) is 12.2 Å². The Morgan fingerprint density at radius 1 is 1.47 bits per heavy atom. The third-order valence-electron chi connectivity index (χ3n) is 2.22. The quantitative estimate of drug-likeness (QED) is 0.751. The molecule has 1 unspecified atom stereocenters. The second-order valence-electron chi connectivity index (χ2n) is 3.16. The van der Waals surface area contributed by atoms with Crippen molar-refractivity contribution in [3.63, 3.8) is 0 Å². The van der Waals surface area contributed by atoms with Gasteiger partial charge in [0, 0.05) is 6.20 Å². The smallest absolute Gasteiger partial charge is 0.272 e. The molecule has 2 aromatic rings. The molecule has 0 aromatic carbocycles. The van der Waals surface area contributed by atoms with E-state index in [-0.39, 0.29) is 11.7 Å². The first-order valence-corrected chi connectivity index (χ1v) is 4.91. The van der Waals surface area contributed by atoms with Gasteiger partial charge in [-0.15, -0.1) is 0 Å². The van der Waals surface area contributed by atoms with Crippen LogP contribution in [-0.2, 0) is 0 Å². The Morgan fingerprint density at radius 2 is 2.27 bits per heavy atom. The number of nitrogens with zero attached hydrogens (tertiary/aromatic N) is 2. The van der Waals surface area contributed by atoms with E-state index < -0.39 is 0 Å². The van der Waals surface area contributed by atoms with Crippen molar-refractivity contribution in [1.29, 1.82) is 0 Å². The van der Waals surface area contributed by atoms with Gasteiger partial charge in [-0.25, -0.2) is 9.89 Å². The Kier molecular flexibility index (Phi) is 2.51. The molecule has 2 N–H and O–H groups in total. The SMILES string of the molecule is CC(c1ccccn1)n1c(=O)[nH][nH]c1=S. The van der Waals surface area contributed by atoms with Crippen molar-refractivity contribution in [2.24, 2.45) is 0 Å². The van der Waals surface area contributed by atoms with Gasteiger partial charge in [0.2, 0.25) is 0 Å². The minimum Gasteiger partial charge on any atom is -0.272 e. The van der Waals surface area contributed by atoms with Gasteiger partial charge in [0.05, 0.1) is 11.7 Å². The summed E-state index contributed by atoms with van der Waals surface area (Å²) in [4.78, 5) is 15.6. The monoisotopic (exact) mass is 222 g/mol. The van der Waals surface area contributed by atoms with Gasteiger partial charge >= 0.3 is 5.69 Å². The summed E-state index contributed by atoms with van der Waals surface area (Å²) in [6.45, 7) is 1.88. The number of nitrogens with one attached hydrogen (secondary N) is 2. The molecule has 1 atom stereocenters. The molecular weight excluding hydrogens is 212 g/mol. The molecule has 0 saturated carbocycles. The molecular formula is C9H10N4OS. The Balaban J connectivity index is 2.50. The number of pyridine rings is 1. The van der Waals surface area contributed by atoms with Gasteiger partial charge in [0.25, 0.3) is 0 Å². The van der Waals surface area contributed by atoms with Crippen molar-refractivity contribution in [1.82, 2.24) is 19.7 Å². The van der Waals surface area contributed by atoms with Crippen molar-refractivity contribution in [3.05, 3.63) is 45.3 Å². The fourth-order valence-corrected chi connectivity index (χ4v) is 1.72. The van der Waals surface area contributed by atoms with Crippen LogP contribution < -0.4 is 5.69 Å². The lowest BCUT2D eigenvalue weighted by molar-refractivity contribution is 0.593. The minimum atomic E-state index is -0.252. The number of aromatic nitrogens is 4. The second kappa shape index (κ2) is 3.82. The second-order valence-corrected chi connectivity index (χ2v) is 3.55. The molecule has 2 heterocycles. The van der Waals surface area contributed by atoms with E-state index in [9.17, 15) is 4.79 Å². The predicted octanol–water partition coefficient (Wildman–Crippen LogP) is 1.24. The zero-order valence-corrected chi connectivity index (χ0v) is 8.91. The van der Waals surface area contributed by atoms with E-state index >= 15 is 0 Å². The molecule has 0 aliphatic heterocycles. The summed E-state index contributed by atoms with van der Waals surface area (Å²) in [5.41, 5.74) is 0.553. The van der Waals surface area contributed by atoms with Gasteiger partial charge in [0.1, 0.15) is 0 Å². The Bertz CT molecular complexity index is 526. The van der Waals surface area contributed by atoms with Crippen LogP contribution in [0.2, 0.25) is 0 Å². The summed E-state index contributed by atoms with van der Waals surface area (Å²) >= 11 is 5.00. The highest BCUT2D eigenvalue weighted by Gasteiger charge is 2.12. The van der Waals surface area contributed by atoms with E-state index in [1.807, 2.05) is 25.1 Å². The van der Waals surface area contributed by atoms with E-state index in [1.165, 1.54) is 4.57 Å². The molecule has 6 heteroatoms. The summed E-state index contributed by atoms with van der Waals surface area (Å²) in [5, 5.41) is 5.04. The van der Waals surface area contributed by atoms with Crippen molar-refractivity contribution >= 4 is 12.2 Å². The Morgan fingerprint density at radius 3 is 2.80 bits per heavy atom. The number of hydrogen-bond acceptors (Lipinski definition) is 3. The van der Waals surface area contributed by atoms with Gasteiger partial charge in [-0.3, -0.25) is 14.6 Å². The van der Waals surface area contributed by atoms with Crippen LogP contribution >= 0.6 is 12.2 Å². The Labute approximate surface area is 90.8 Å². The minimum absolute atomic E-state index is 0.173. The third-order valence-corrected chi connectivity index (χ3v) is 2.52. The van der Waals surface area contributed by atoms with Gasteiger partial charge in [-0.05, 0) is 31.3 Å². The van der Waals surface area contributed by atoms with E-state index in [0.29, 0.717) is 4.77 Å². The highest BCUT2D eigenvalue weighted by molar-refractivity contribution is 7.71. The van der Waals surface area contributed by atoms with Gasteiger partial charge in [-0.2, -0.15) is 0 Å². The average Bonchev–Trinajstić information content (AvgIpc) is 2.59. The predicted molar refractivity (Wildman–Crippen MR) is 58.3 cm³/mol. The molecule has 5 nitrogen and oxygen atoms in total. The van der Waals surface area contributed by atoms with Crippen LogP contribution in [0.4, 0.5) is 0 Å². The molecule has 0 spiro atoms. The lowest BCUT2D eigenvalue weighted by Gasteiger charge is -2.10. The van der Waals surface area contributed by atoms with Gasteiger partial charge in [0.15, 0.2) is 4.77 Å². The summed E-state index contributed by atoms with van der Waals surface area (Å²) in [6.07, 6.45) is 1.69. The normalized spacial score (nSPS) is 12.6. The molecule has 2 rings (SSSR count). The fourth-order valence-electron chi connectivity index (χ4n) is 1.43. The number of hydrogen-bond donors (Lipinski definition) is 2. The third kappa shape index (κ3) is 1.75.